The molecule has 0 bridgehead atoms. The van der Waals surface area contributed by atoms with Crippen LogP contribution in [0.4, 0.5) is 0 Å². The molecule has 2 amide bonds. The molecule has 2 fully saturated rings. The summed E-state index contributed by atoms with van der Waals surface area (Å²) in [5, 5.41) is 2.82. The lowest BCUT2D eigenvalue weighted by molar-refractivity contribution is -0.139. The SMILES string of the molecule is O=C1CC(Cc2nccs2)C(=O)N1CCN1CCOCC1. The van der Waals surface area contributed by atoms with Gasteiger partial charge in [0.2, 0.25) is 11.8 Å². The van der Waals surface area contributed by atoms with Crippen LogP contribution in [0.15, 0.2) is 11.6 Å². The Hall–Kier alpha value is -1.31. The number of ether oxygens (including phenoxy) is 1. The number of carbonyl (C=O) groups is 2. The summed E-state index contributed by atoms with van der Waals surface area (Å²) >= 11 is 1.54. The maximum atomic E-state index is 12.4. The van der Waals surface area contributed by atoms with Crippen molar-refractivity contribution in [3.8, 4) is 0 Å². The van der Waals surface area contributed by atoms with Gasteiger partial charge in [-0.3, -0.25) is 19.4 Å². The maximum Gasteiger partial charge on any atom is 0.233 e. The third kappa shape index (κ3) is 3.48. The van der Waals surface area contributed by atoms with E-state index in [-0.39, 0.29) is 17.7 Å². The molecule has 7 heteroatoms. The van der Waals surface area contributed by atoms with Gasteiger partial charge in [0, 0.05) is 50.6 Å². The van der Waals surface area contributed by atoms with E-state index in [0.717, 1.165) is 37.9 Å². The van der Waals surface area contributed by atoms with Crippen molar-refractivity contribution in [3.05, 3.63) is 16.6 Å². The van der Waals surface area contributed by atoms with E-state index in [2.05, 4.69) is 9.88 Å². The first kappa shape index (κ1) is 14.6. The number of thiazole rings is 1. The highest BCUT2D eigenvalue weighted by Crippen LogP contribution is 2.24. The fourth-order valence-corrected chi connectivity index (χ4v) is 3.47. The number of morpholine rings is 1. The molecule has 1 unspecified atom stereocenters. The van der Waals surface area contributed by atoms with Crippen LogP contribution in [0.2, 0.25) is 0 Å². The monoisotopic (exact) mass is 309 g/mol. The fraction of sp³-hybridized carbons (Fsp3) is 0.643. The second kappa shape index (κ2) is 6.64. The van der Waals surface area contributed by atoms with Crippen molar-refractivity contribution < 1.29 is 14.3 Å². The summed E-state index contributed by atoms with van der Waals surface area (Å²) in [5.41, 5.74) is 0. The van der Waals surface area contributed by atoms with Gasteiger partial charge in [-0.2, -0.15) is 0 Å². The van der Waals surface area contributed by atoms with E-state index in [0.29, 0.717) is 19.4 Å². The minimum Gasteiger partial charge on any atom is -0.379 e. The van der Waals surface area contributed by atoms with E-state index in [4.69, 9.17) is 4.74 Å². The normalized spacial score (nSPS) is 24.0. The molecule has 2 saturated heterocycles. The van der Waals surface area contributed by atoms with Gasteiger partial charge >= 0.3 is 0 Å². The number of aromatic nitrogens is 1. The molecule has 1 aromatic rings. The molecular formula is C14H19N3O3S. The number of nitrogens with zero attached hydrogens (tertiary/aromatic N) is 3. The van der Waals surface area contributed by atoms with Crippen molar-refractivity contribution in [2.75, 3.05) is 39.4 Å². The summed E-state index contributed by atoms with van der Waals surface area (Å²) in [7, 11) is 0. The van der Waals surface area contributed by atoms with E-state index in [1.165, 1.54) is 16.2 Å². The summed E-state index contributed by atoms with van der Waals surface area (Å²) in [6.07, 6.45) is 2.63. The summed E-state index contributed by atoms with van der Waals surface area (Å²) < 4.78 is 5.29. The van der Waals surface area contributed by atoms with Gasteiger partial charge in [0.05, 0.1) is 24.1 Å². The van der Waals surface area contributed by atoms with Gasteiger partial charge in [-0.25, -0.2) is 4.98 Å². The van der Waals surface area contributed by atoms with Crippen molar-refractivity contribution in [2.24, 2.45) is 5.92 Å². The molecular weight excluding hydrogens is 290 g/mol. The molecule has 2 aliphatic heterocycles. The number of carbonyl (C=O) groups excluding carboxylic acids is 2. The lowest BCUT2D eigenvalue weighted by Gasteiger charge is -2.28. The van der Waals surface area contributed by atoms with Gasteiger partial charge in [-0.1, -0.05) is 0 Å². The minimum atomic E-state index is -0.228. The van der Waals surface area contributed by atoms with E-state index >= 15 is 0 Å². The Morgan fingerprint density at radius 1 is 1.29 bits per heavy atom. The van der Waals surface area contributed by atoms with Crippen molar-refractivity contribution >= 4 is 23.2 Å². The summed E-state index contributed by atoms with van der Waals surface area (Å²) in [6, 6.07) is 0. The Bertz CT molecular complexity index is 500. The molecule has 0 aromatic carbocycles. The number of amides is 2. The molecule has 6 nitrogen and oxygen atoms in total. The molecule has 2 aliphatic rings. The molecule has 0 radical (unpaired) electrons. The van der Waals surface area contributed by atoms with Crippen LogP contribution in [0.5, 0.6) is 0 Å². The molecule has 1 aromatic heterocycles. The molecule has 1 atom stereocenters. The Balaban J connectivity index is 1.53. The molecule has 0 aliphatic carbocycles. The highest BCUT2D eigenvalue weighted by atomic mass is 32.1. The van der Waals surface area contributed by atoms with Crippen molar-refractivity contribution in [2.45, 2.75) is 12.8 Å². The Morgan fingerprint density at radius 2 is 2.10 bits per heavy atom. The van der Waals surface area contributed by atoms with Gasteiger partial charge < -0.3 is 4.74 Å². The number of likely N-dealkylation sites (tertiary alicyclic amines) is 1. The van der Waals surface area contributed by atoms with E-state index in [9.17, 15) is 9.59 Å². The highest BCUT2D eigenvalue weighted by molar-refractivity contribution is 7.09. The number of hydrogen-bond donors (Lipinski definition) is 0. The number of hydrogen-bond acceptors (Lipinski definition) is 6. The average molecular weight is 309 g/mol. The van der Waals surface area contributed by atoms with E-state index in [1.54, 1.807) is 6.20 Å². The van der Waals surface area contributed by atoms with Crippen LogP contribution in [0, 0.1) is 5.92 Å². The van der Waals surface area contributed by atoms with Gasteiger partial charge in [0.25, 0.3) is 0 Å². The quantitative estimate of drug-likeness (QED) is 0.737. The van der Waals surface area contributed by atoms with Crippen molar-refractivity contribution in [1.29, 1.82) is 0 Å². The van der Waals surface area contributed by atoms with Crippen LogP contribution in [-0.2, 0) is 20.7 Å². The zero-order valence-electron chi connectivity index (χ0n) is 11.9. The second-order valence-electron chi connectivity index (χ2n) is 5.37. The van der Waals surface area contributed by atoms with Crippen LogP contribution >= 0.6 is 11.3 Å². The van der Waals surface area contributed by atoms with Crippen molar-refractivity contribution in [3.63, 3.8) is 0 Å². The molecule has 3 rings (SSSR count). The third-order valence-corrected chi connectivity index (χ3v) is 4.79. The molecule has 0 spiro atoms. The van der Waals surface area contributed by atoms with Crippen LogP contribution in [0.1, 0.15) is 11.4 Å². The maximum absolute atomic E-state index is 12.4. The Kier molecular flexibility index (Phi) is 4.62. The van der Waals surface area contributed by atoms with Crippen LogP contribution in [0.3, 0.4) is 0 Å². The minimum absolute atomic E-state index is 0.0385. The van der Waals surface area contributed by atoms with Crippen molar-refractivity contribution in [1.82, 2.24) is 14.8 Å². The summed E-state index contributed by atoms with van der Waals surface area (Å²) in [5.74, 6) is -0.313. The summed E-state index contributed by atoms with van der Waals surface area (Å²) in [6.45, 7) is 4.44. The highest BCUT2D eigenvalue weighted by Gasteiger charge is 2.38. The number of imide groups is 1. The molecule has 114 valence electrons. The van der Waals surface area contributed by atoms with Gasteiger partial charge in [-0.15, -0.1) is 11.3 Å². The first-order valence-electron chi connectivity index (χ1n) is 7.26. The van der Waals surface area contributed by atoms with Crippen LogP contribution < -0.4 is 0 Å². The predicted octanol–water partition coefficient (Wildman–Crippen LogP) is 0.393. The Labute approximate surface area is 127 Å². The lowest BCUT2D eigenvalue weighted by atomic mass is 10.0. The fourth-order valence-electron chi connectivity index (χ4n) is 2.78. The number of rotatable bonds is 5. The topological polar surface area (TPSA) is 62.7 Å². The van der Waals surface area contributed by atoms with E-state index in [1.807, 2.05) is 5.38 Å². The third-order valence-electron chi connectivity index (χ3n) is 3.99. The largest absolute Gasteiger partial charge is 0.379 e. The first-order chi connectivity index (χ1) is 10.2. The van der Waals surface area contributed by atoms with Crippen LogP contribution in [-0.4, -0.2) is 66.0 Å². The van der Waals surface area contributed by atoms with Crippen LogP contribution in [0.25, 0.3) is 0 Å². The molecule has 3 heterocycles. The van der Waals surface area contributed by atoms with Gasteiger partial charge in [-0.05, 0) is 0 Å². The Morgan fingerprint density at radius 3 is 2.81 bits per heavy atom. The molecule has 21 heavy (non-hydrogen) atoms. The standard InChI is InChI=1S/C14H19N3O3S/c18-13-10-11(9-12-15-1-8-21-12)14(19)17(13)3-2-16-4-6-20-7-5-16/h1,8,11H,2-7,9-10H2. The predicted molar refractivity (Wildman–Crippen MR) is 77.9 cm³/mol. The molecule has 0 saturated carbocycles. The van der Waals surface area contributed by atoms with Gasteiger partial charge in [0.1, 0.15) is 0 Å². The molecule has 0 N–H and O–H groups in total. The average Bonchev–Trinajstić information content (AvgIpc) is 3.09. The first-order valence-corrected chi connectivity index (χ1v) is 8.14. The van der Waals surface area contributed by atoms with E-state index < -0.39 is 0 Å². The summed E-state index contributed by atoms with van der Waals surface area (Å²) in [4.78, 5) is 32.3. The van der Waals surface area contributed by atoms with Gasteiger partial charge in [0.15, 0.2) is 0 Å². The smallest absolute Gasteiger partial charge is 0.233 e. The lowest BCUT2D eigenvalue weighted by Crippen LogP contribution is -2.43. The zero-order chi connectivity index (χ0) is 14.7. The second-order valence-corrected chi connectivity index (χ2v) is 6.35. The zero-order valence-corrected chi connectivity index (χ0v) is 12.7.